The summed E-state index contributed by atoms with van der Waals surface area (Å²) in [4.78, 5) is 30.9. The third kappa shape index (κ3) is 5.14. The highest BCUT2D eigenvalue weighted by molar-refractivity contribution is 14.1. The lowest BCUT2D eigenvalue weighted by Crippen LogP contribution is -2.36. The Morgan fingerprint density at radius 2 is 1.70 bits per heavy atom. The largest absolute Gasteiger partial charge is 0.453 e. The molecule has 0 fully saturated rings. The molecule has 2 aromatic carbocycles. The fourth-order valence-corrected chi connectivity index (χ4v) is 5.67. The number of fused-ring (bicyclic) bond motifs is 2. The van der Waals surface area contributed by atoms with Crippen molar-refractivity contribution in [3.63, 3.8) is 0 Å². The first-order valence-corrected chi connectivity index (χ1v) is 14.5. The number of nitrogens with two attached hydrogens (primary N) is 1. The van der Waals surface area contributed by atoms with E-state index in [4.69, 9.17) is 5.73 Å². The highest BCUT2D eigenvalue weighted by atomic mass is 127. The Kier molecular flexibility index (Phi) is 7.29. The fourth-order valence-electron chi connectivity index (χ4n) is 5.31. The summed E-state index contributed by atoms with van der Waals surface area (Å²) in [6.07, 6.45) is -4.53. The maximum absolute atomic E-state index is 13.9. The van der Waals surface area contributed by atoms with Crippen LogP contribution in [0.1, 0.15) is 41.4 Å². The molecule has 1 amide bonds. The number of nitrogens with zero attached hydrogens (tertiary/aromatic N) is 5. The van der Waals surface area contributed by atoms with Crippen molar-refractivity contribution in [1.29, 1.82) is 0 Å². The minimum absolute atomic E-state index is 0.00779. The minimum Gasteiger partial charge on any atom is -0.383 e. The molecular formula is C30H23F5IN7O. The van der Waals surface area contributed by atoms with Gasteiger partial charge in [0, 0.05) is 34.5 Å². The maximum Gasteiger partial charge on any atom is 0.453 e. The maximum atomic E-state index is 13.9. The standard InChI is InChI=1S/C30H23F5IN7O/c1-28(17-7-9-18(36)10-8-17)22-23(37)40-24(41-25(22)42-27(28)44)21-15-43-19(13-16-5-3-2-4-6-16)14-38-26(43)20(39-21)11-12-29(31,32)30(33,34)35/h2-10,14-15H,11-13H2,1H3,(H3,37,40,41,42,44). The second kappa shape index (κ2) is 10.7. The number of hydrogen-bond acceptors (Lipinski definition) is 6. The molecule has 0 bridgehead atoms. The molecule has 0 spiro atoms. The molecule has 226 valence electrons. The number of imidazole rings is 1. The molecule has 0 saturated heterocycles. The topological polar surface area (TPSA) is 111 Å². The number of aromatic nitrogens is 5. The van der Waals surface area contributed by atoms with Crippen molar-refractivity contribution in [3.8, 4) is 11.5 Å². The Bertz CT molecular complexity index is 1890. The normalized spacial score (nSPS) is 16.8. The fraction of sp³-hybridized carbons (Fsp3) is 0.233. The van der Waals surface area contributed by atoms with Gasteiger partial charge < -0.3 is 11.1 Å². The number of rotatable bonds is 7. The van der Waals surface area contributed by atoms with E-state index in [1.165, 1.54) is 12.4 Å². The Labute approximate surface area is 261 Å². The van der Waals surface area contributed by atoms with Crippen molar-refractivity contribution in [2.45, 2.75) is 43.7 Å². The average Bonchev–Trinajstić information content (AvgIpc) is 3.50. The van der Waals surface area contributed by atoms with Crippen LogP contribution in [0.25, 0.3) is 17.2 Å². The molecule has 0 radical (unpaired) electrons. The third-order valence-electron chi connectivity index (χ3n) is 7.73. The van der Waals surface area contributed by atoms with E-state index in [1.807, 2.05) is 54.6 Å². The smallest absolute Gasteiger partial charge is 0.383 e. The molecule has 14 heteroatoms. The van der Waals surface area contributed by atoms with E-state index < -0.39 is 30.4 Å². The van der Waals surface area contributed by atoms with E-state index in [0.29, 0.717) is 23.2 Å². The minimum atomic E-state index is -5.71. The van der Waals surface area contributed by atoms with Gasteiger partial charge in [-0.15, -0.1) is 0 Å². The number of carbonyl (C=O) groups is 1. The van der Waals surface area contributed by atoms with E-state index in [2.05, 4.69) is 47.8 Å². The number of alkyl halides is 5. The van der Waals surface area contributed by atoms with E-state index in [0.717, 1.165) is 9.13 Å². The molecule has 1 aliphatic rings. The van der Waals surface area contributed by atoms with Gasteiger partial charge in [0.1, 0.15) is 22.7 Å². The molecular weight excluding hydrogens is 696 g/mol. The molecule has 4 heterocycles. The summed E-state index contributed by atoms with van der Waals surface area (Å²) in [6.45, 7) is 1.71. The number of amides is 1. The number of hydrogen-bond donors (Lipinski definition) is 2. The second-order valence-electron chi connectivity index (χ2n) is 10.6. The molecule has 3 aromatic heterocycles. The van der Waals surface area contributed by atoms with Gasteiger partial charge in [-0.3, -0.25) is 9.20 Å². The monoisotopic (exact) mass is 719 g/mol. The SMILES string of the molecule is CC1(c2ccc(I)cc2)C(=O)Nc2nc(-c3cn4c(Cc5ccccc5)cnc4c(CCC(F)(F)C(F)(F)F)n3)nc(N)c21. The van der Waals surface area contributed by atoms with Crippen molar-refractivity contribution in [1.82, 2.24) is 24.3 Å². The molecule has 6 rings (SSSR count). The Hall–Kier alpha value is -4.21. The first-order chi connectivity index (χ1) is 20.8. The predicted octanol–water partition coefficient (Wildman–Crippen LogP) is 6.35. The summed E-state index contributed by atoms with van der Waals surface area (Å²) >= 11 is 2.16. The molecule has 1 aliphatic heterocycles. The highest BCUT2D eigenvalue weighted by Crippen LogP contribution is 2.45. The van der Waals surface area contributed by atoms with Crippen molar-refractivity contribution < 1.29 is 26.7 Å². The summed E-state index contributed by atoms with van der Waals surface area (Å²) in [5.74, 6) is -5.20. The van der Waals surface area contributed by atoms with Crippen LogP contribution in [0.5, 0.6) is 0 Å². The zero-order chi connectivity index (χ0) is 31.4. The molecule has 5 aromatic rings. The number of nitrogens with one attached hydrogen (secondary N) is 1. The number of nitrogen functional groups attached to an aromatic ring is 1. The van der Waals surface area contributed by atoms with Gasteiger partial charge in [-0.05, 0) is 59.2 Å². The van der Waals surface area contributed by atoms with E-state index in [1.54, 1.807) is 11.3 Å². The Morgan fingerprint density at radius 1 is 1.00 bits per heavy atom. The van der Waals surface area contributed by atoms with Gasteiger partial charge in [-0.1, -0.05) is 42.5 Å². The number of aryl methyl sites for hydroxylation is 1. The van der Waals surface area contributed by atoms with Crippen molar-refractivity contribution in [2.75, 3.05) is 11.1 Å². The Morgan fingerprint density at radius 3 is 2.39 bits per heavy atom. The quantitative estimate of drug-likeness (QED) is 0.150. The van der Waals surface area contributed by atoms with Crippen LogP contribution in [0.4, 0.5) is 33.6 Å². The van der Waals surface area contributed by atoms with Gasteiger partial charge in [0.05, 0.1) is 11.3 Å². The summed E-state index contributed by atoms with van der Waals surface area (Å²) in [7, 11) is 0. The number of benzene rings is 2. The average molecular weight is 719 g/mol. The molecule has 1 unspecified atom stereocenters. The molecule has 3 N–H and O–H groups in total. The summed E-state index contributed by atoms with van der Waals surface area (Å²) in [5, 5.41) is 2.76. The van der Waals surface area contributed by atoms with Crippen LogP contribution < -0.4 is 11.1 Å². The van der Waals surface area contributed by atoms with Gasteiger partial charge in [0.2, 0.25) is 5.91 Å². The molecule has 0 aliphatic carbocycles. The van der Waals surface area contributed by atoms with Crippen molar-refractivity contribution in [3.05, 3.63) is 98.6 Å². The van der Waals surface area contributed by atoms with E-state index in [-0.39, 0.29) is 40.4 Å². The van der Waals surface area contributed by atoms with Gasteiger partial charge >= 0.3 is 12.1 Å². The number of halogens is 6. The van der Waals surface area contributed by atoms with Gasteiger partial charge in [-0.2, -0.15) is 22.0 Å². The van der Waals surface area contributed by atoms with Crippen molar-refractivity contribution in [2.24, 2.45) is 0 Å². The van der Waals surface area contributed by atoms with Gasteiger partial charge in [-0.25, -0.2) is 19.9 Å². The molecule has 8 nitrogen and oxygen atoms in total. The van der Waals surface area contributed by atoms with Crippen LogP contribution in [0, 0.1) is 3.57 Å². The summed E-state index contributed by atoms with van der Waals surface area (Å²) in [6, 6.07) is 16.7. The van der Waals surface area contributed by atoms with Crippen LogP contribution in [0.15, 0.2) is 67.0 Å². The van der Waals surface area contributed by atoms with E-state index >= 15 is 0 Å². The van der Waals surface area contributed by atoms with Gasteiger partial charge in [0.15, 0.2) is 11.5 Å². The zero-order valence-corrected chi connectivity index (χ0v) is 25.1. The zero-order valence-electron chi connectivity index (χ0n) is 23.0. The number of anilines is 2. The van der Waals surface area contributed by atoms with Crippen LogP contribution in [-0.4, -0.2) is 42.3 Å². The summed E-state index contributed by atoms with van der Waals surface area (Å²) < 4.78 is 69.4. The lowest BCUT2D eigenvalue weighted by Gasteiger charge is -2.23. The van der Waals surface area contributed by atoms with Crippen molar-refractivity contribution >= 4 is 45.8 Å². The van der Waals surface area contributed by atoms with Gasteiger partial charge in [0.25, 0.3) is 0 Å². The molecule has 1 atom stereocenters. The first-order valence-electron chi connectivity index (χ1n) is 13.4. The molecule has 0 saturated carbocycles. The lowest BCUT2D eigenvalue weighted by atomic mass is 9.78. The van der Waals surface area contributed by atoms with E-state index in [9.17, 15) is 26.7 Å². The van der Waals surface area contributed by atoms with Crippen LogP contribution in [0.2, 0.25) is 0 Å². The van der Waals surface area contributed by atoms with Crippen LogP contribution in [0.3, 0.4) is 0 Å². The third-order valence-corrected chi connectivity index (χ3v) is 8.45. The Balaban J connectivity index is 1.46. The van der Waals surface area contributed by atoms with Crippen LogP contribution >= 0.6 is 22.6 Å². The second-order valence-corrected chi connectivity index (χ2v) is 11.9. The number of carbonyl (C=O) groups excluding carboxylic acids is 1. The lowest BCUT2D eigenvalue weighted by molar-refractivity contribution is -0.284. The van der Waals surface area contributed by atoms with Crippen LogP contribution in [-0.2, 0) is 23.1 Å². The summed E-state index contributed by atoms with van der Waals surface area (Å²) in [5.41, 5.74) is 7.92. The first kappa shape index (κ1) is 29.8. The molecule has 44 heavy (non-hydrogen) atoms. The highest BCUT2D eigenvalue weighted by Gasteiger charge is 2.56. The predicted molar refractivity (Wildman–Crippen MR) is 161 cm³/mol.